The van der Waals surface area contributed by atoms with Crippen molar-refractivity contribution >= 4 is 39.4 Å². The number of rotatable bonds is 6. The Morgan fingerprint density at radius 3 is 2.50 bits per heavy atom. The van der Waals surface area contributed by atoms with E-state index >= 15 is 0 Å². The molecule has 2 N–H and O–H groups in total. The third-order valence-electron chi connectivity index (χ3n) is 4.60. The Morgan fingerprint density at radius 1 is 1.07 bits per heavy atom. The first-order valence-corrected chi connectivity index (χ1v) is 11.0. The van der Waals surface area contributed by atoms with Gasteiger partial charge in [-0.1, -0.05) is 36.9 Å². The fourth-order valence-electron chi connectivity index (χ4n) is 3.09. The van der Waals surface area contributed by atoms with Crippen molar-refractivity contribution in [1.82, 2.24) is 5.43 Å². The van der Waals surface area contributed by atoms with Gasteiger partial charge in [-0.25, -0.2) is 13.8 Å². The molecular formula is C20H22ClN3O3S. The zero-order valence-electron chi connectivity index (χ0n) is 15.3. The molecule has 0 aliphatic heterocycles. The Labute approximate surface area is 170 Å². The molecule has 0 saturated heterocycles. The van der Waals surface area contributed by atoms with Crippen LogP contribution >= 0.6 is 11.6 Å². The third kappa shape index (κ3) is 5.56. The molecule has 0 radical (unpaired) electrons. The highest BCUT2D eigenvalue weighted by molar-refractivity contribution is 7.92. The molecular weight excluding hydrogens is 398 g/mol. The Hall–Kier alpha value is -2.38. The molecule has 28 heavy (non-hydrogen) atoms. The highest BCUT2D eigenvalue weighted by atomic mass is 35.5. The first kappa shape index (κ1) is 20.4. The molecule has 148 valence electrons. The van der Waals surface area contributed by atoms with Crippen LogP contribution in [0.3, 0.4) is 0 Å². The summed E-state index contributed by atoms with van der Waals surface area (Å²) in [6.07, 6.45) is 7.57. The maximum Gasteiger partial charge on any atom is 0.271 e. The number of nitrogens with zero attached hydrogens (tertiary/aromatic N) is 1. The second-order valence-electron chi connectivity index (χ2n) is 6.76. The molecule has 1 aliphatic rings. The van der Waals surface area contributed by atoms with E-state index in [1.54, 1.807) is 36.5 Å². The molecule has 0 aromatic heterocycles. The number of carbonyl (C=O) groups is 1. The van der Waals surface area contributed by atoms with E-state index in [4.69, 9.17) is 11.6 Å². The molecule has 0 bridgehead atoms. The van der Waals surface area contributed by atoms with Gasteiger partial charge in [0.2, 0.25) is 0 Å². The molecule has 1 saturated carbocycles. The van der Waals surface area contributed by atoms with E-state index in [0.29, 0.717) is 16.6 Å². The Balaban J connectivity index is 1.67. The number of nitrogens with one attached hydrogen (secondary N) is 2. The van der Waals surface area contributed by atoms with E-state index in [1.165, 1.54) is 37.5 Å². The highest BCUT2D eigenvalue weighted by Crippen LogP contribution is 2.22. The summed E-state index contributed by atoms with van der Waals surface area (Å²) < 4.78 is 27.6. The van der Waals surface area contributed by atoms with Gasteiger partial charge in [-0.3, -0.25) is 9.52 Å². The first-order valence-electron chi connectivity index (χ1n) is 9.16. The van der Waals surface area contributed by atoms with Crippen LogP contribution in [0.15, 0.2) is 58.5 Å². The molecule has 1 amide bonds. The highest BCUT2D eigenvalue weighted by Gasteiger charge is 2.17. The van der Waals surface area contributed by atoms with E-state index in [9.17, 15) is 13.2 Å². The number of halogens is 1. The van der Waals surface area contributed by atoms with Gasteiger partial charge in [0.25, 0.3) is 15.9 Å². The standard InChI is InChI=1S/C20H22ClN3O3S/c21-17-9-11-18(12-10-17)24-28(26,27)19-8-4-7-16(13-19)20(25)23-22-14-15-5-2-1-3-6-15/h4,7-15,24H,1-3,5-6H2,(H,23,25)/b22-14-. The number of benzene rings is 2. The van der Waals surface area contributed by atoms with Crippen LogP contribution in [0.25, 0.3) is 0 Å². The van der Waals surface area contributed by atoms with Crippen molar-refractivity contribution < 1.29 is 13.2 Å². The largest absolute Gasteiger partial charge is 0.280 e. The van der Waals surface area contributed by atoms with Gasteiger partial charge < -0.3 is 0 Å². The fourth-order valence-corrected chi connectivity index (χ4v) is 4.32. The van der Waals surface area contributed by atoms with Gasteiger partial charge in [0.1, 0.15) is 0 Å². The van der Waals surface area contributed by atoms with Crippen LogP contribution in [0.2, 0.25) is 5.02 Å². The molecule has 1 aliphatic carbocycles. The number of anilines is 1. The predicted molar refractivity (Wildman–Crippen MR) is 111 cm³/mol. The molecule has 0 atom stereocenters. The lowest BCUT2D eigenvalue weighted by Crippen LogP contribution is -2.20. The van der Waals surface area contributed by atoms with Crippen molar-refractivity contribution in [2.24, 2.45) is 11.0 Å². The summed E-state index contributed by atoms with van der Waals surface area (Å²) in [4.78, 5) is 12.3. The predicted octanol–water partition coefficient (Wildman–Crippen LogP) is 4.44. The Morgan fingerprint density at radius 2 is 1.79 bits per heavy atom. The quantitative estimate of drug-likeness (QED) is 0.536. The molecule has 6 nitrogen and oxygen atoms in total. The van der Waals surface area contributed by atoms with Gasteiger partial charge >= 0.3 is 0 Å². The van der Waals surface area contributed by atoms with Crippen molar-refractivity contribution in [3.8, 4) is 0 Å². The molecule has 8 heteroatoms. The summed E-state index contributed by atoms with van der Waals surface area (Å²) >= 11 is 5.81. The maximum absolute atomic E-state index is 12.6. The van der Waals surface area contributed by atoms with Crippen LogP contribution < -0.4 is 10.1 Å². The number of sulfonamides is 1. The van der Waals surface area contributed by atoms with Crippen LogP contribution in [0.5, 0.6) is 0 Å². The fraction of sp³-hybridized carbons (Fsp3) is 0.300. The SMILES string of the molecule is O=C(N/N=C\C1CCCCC1)c1cccc(S(=O)(=O)Nc2ccc(Cl)cc2)c1. The van der Waals surface area contributed by atoms with Crippen LogP contribution in [0, 0.1) is 5.92 Å². The lowest BCUT2D eigenvalue weighted by molar-refractivity contribution is 0.0954. The smallest absolute Gasteiger partial charge is 0.271 e. The zero-order chi connectivity index (χ0) is 20.0. The van der Waals surface area contributed by atoms with Crippen molar-refractivity contribution in [2.45, 2.75) is 37.0 Å². The lowest BCUT2D eigenvalue weighted by atomic mass is 9.90. The summed E-state index contributed by atoms with van der Waals surface area (Å²) in [5, 5.41) is 4.55. The normalized spacial score (nSPS) is 15.5. The van der Waals surface area contributed by atoms with Crippen molar-refractivity contribution in [3.05, 3.63) is 59.1 Å². The summed E-state index contributed by atoms with van der Waals surface area (Å²) in [7, 11) is -3.83. The van der Waals surface area contributed by atoms with Gasteiger partial charge in [0, 0.05) is 22.5 Å². The molecule has 3 rings (SSSR count). The van der Waals surface area contributed by atoms with Gasteiger partial charge in [-0.05, 0) is 61.2 Å². The topological polar surface area (TPSA) is 87.6 Å². The van der Waals surface area contributed by atoms with Gasteiger partial charge in [-0.15, -0.1) is 0 Å². The number of hydrazone groups is 1. The molecule has 1 fully saturated rings. The molecule has 2 aromatic rings. The summed E-state index contributed by atoms with van der Waals surface area (Å²) in [6.45, 7) is 0. The monoisotopic (exact) mass is 419 g/mol. The Bertz CT molecular complexity index is 953. The minimum absolute atomic E-state index is 0.00800. The van der Waals surface area contributed by atoms with Crippen LogP contribution in [0.4, 0.5) is 5.69 Å². The molecule has 0 heterocycles. The van der Waals surface area contributed by atoms with Crippen molar-refractivity contribution in [2.75, 3.05) is 4.72 Å². The van der Waals surface area contributed by atoms with Crippen molar-refractivity contribution in [1.29, 1.82) is 0 Å². The van der Waals surface area contributed by atoms with Crippen LogP contribution in [-0.2, 0) is 10.0 Å². The summed E-state index contributed by atoms with van der Waals surface area (Å²) in [5.41, 5.74) is 3.09. The minimum Gasteiger partial charge on any atom is -0.280 e. The van der Waals surface area contributed by atoms with E-state index in [2.05, 4.69) is 15.2 Å². The van der Waals surface area contributed by atoms with Gasteiger partial charge in [0.05, 0.1) is 4.90 Å². The minimum atomic E-state index is -3.83. The van der Waals surface area contributed by atoms with E-state index in [-0.39, 0.29) is 10.5 Å². The van der Waals surface area contributed by atoms with Crippen molar-refractivity contribution in [3.63, 3.8) is 0 Å². The number of hydrogen-bond donors (Lipinski definition) is 2. The zero-order valence-corrected chi connectivity index (χ0v) is 16.8. The van der Waals surface area contributed by atoms with E-state index in [0.717, 1.165) is 12.8 Å². The van der Waals surface area contributed by atoms with E-state index < -0.39 is 15.9 Å². The van der Waals surface area contributed by atoms with Gasteiger partial charge in [-0.2, -0.15) is 5.10 Å². The molecule has 0 spiro atoms. The van der Waals surface area contributed by atoms with E-state index in [1.807, 2.05) is 0 Å². The van der Waals surface area contributed by atoms with Crippen LogP contribution in [0.1, 0.15) is 42.5 Å². The number of carbonyl (C=O) groups excluding carboxylic acids is 1. The average molecular weight is 420 g/mol. The van der Waals surface area contributed by atoms with Crippen LogP contribution in [-0.4, -0.2) is 20.5 Å². The second kappa shape index (κ2) is 9.21. The molecule has 2 aromatic carbocycles. The average Bonchev–Trinajstić information content (AvgIpc) is 2.70. The maximum atomic E-state index is 12.6. The summed E-state index contributed by atoms with van der Waals surface area (Å²) in [6, 6.07) is 12.1. The number of hydrogen-bond acceptors (Lipinski definition) is 4. The first-order chi connectivity index (χ1) is 13.4. The Kier molecular flexibility index (Phi) is 6.70. The summed E-state index contributed by atoms with van der Waals surface area (Å²) in [5.74, 6) is -0.0556. The second-order valence-corrected chi connectivity index (χ2v) is 8.88. The third-order valence-corrected chi connectivity index (χ3v) is 6.24. The molecule has 0 unspecified atom stereocenters. The number of amides is 1. The van der Waals surface area contributed by atoms with Gasteiger partial charge in [0.15, 0.2) is 0 Å². The lowest BCUT2D eigenvalue weighted by Gasteiger charge is -2.16.